The normalized spacial score (nSPS) is 16.8. The van der Waals surface area contributed by atoms with E-state index in [1.807, 2.05) is 4.90 Å². The first-order valence-electron chi connectivity index (χ1n) is 9.48. The summed E-state index contributed by atoms with van der Waals surface area (Å²) >= 11 is 0. The van der Waals surface area contributed by atoms with Crippen molar-refractivity contribution in [2.75, 3.05) is 13.6 Å². The van der Waals surface area contributed by atoms with E-state index in [9.17, 15) is 18.0 Å². The molecule has 162 valence electrons. The number of alkyl halides is 3. The Balaban J connectivity index is 0.000000370. The van der Waals surface area contributed by atoms with Crippen LogP contribution in [0.15, 0.2) is 18.3 Å². The number of carbonyl (C=O) groups is 2. The fourth-order valence-electron chi connectivity index (χ4n) is 3.09. The molecule has 0 atom stereocenters. The molecular formula is C19H27F3N4O3. The number of halogens is 3. The second-order valence-corrected chi connectivity index (χ2v) is 7.55. The molecule has 1 N–H and O–H groups in total. The monoisotopic (exact) mass is 416 g/mol. The highest BCUT2D eigenvalue weighted by Gasteiger charge is 2.38. The van der Waals surface area contributed by atoms with Gasteiger partial charge in [0.1, 0.15) is 5.82 Å². The van der Waals surface area contributed by atoms with Crippen molar-refractivity contribution in [1.29, 1.82) is 0 Å². The first kappa shape index (κ1) is 22.9. The lowest BCUT2D eigenvalue weighted by molar-refractivity contribution is -0.192. The highest BCUT2D eigenvalue weighted by Crippen LogP contribution is 2.23. The predicted octanol–water partition coefficient (Wildman–Crippen LogP) is 2.67. The highest BCUT2D eigenvalue weighted by atomic mass is 19.4. The van der Waals surface area contributed by atoms with E-state index in [0.29, 0.717) is 18.5 Å². The molecule has 0 bridgehead atoms. The van der Waals surface area contributed by atoms with E-state index < -0.39 is 12.1 Å². The van der Waals surface area contributed by atoms with E-state index in [2.05, 4.69) is 48.7 Å². The zero-order chi connectivity index (χ0) is 21.8. The van der Waals surface area contributed by atoms with E-state index in [-0.39, 0.29) is 5.92 Å². The van der Waals surface area contributed by atoms with Gasteiger partial charge in [0.15, 0.2) is 0 Å². The van der Waals surface area contributed by atoms with Gasteiger partial charge < -0.3 is 14.6 Å². The molecular weight excluding hydrogens is 389 g/mol. The smallest absolute Gasteiger partial charge is 0.475 e. The average molecular weight is 416 g/mol. The summed E-state index contributed by atoms with van der Waals surface area (Å²) in [5.41, 5.74) is 1.10. The summed E-state index contributed by atoms with van der Waals surface area (Å²) in [5, 5.41) is 7.12. The molecule has 2 aliphatic rings. The van der Waals surface area contributed by atoms with Crippen LogP contribution in [0.2, 0.25) is 0 Å². The Kier molecular flexibility index (Phi) is 7.45. The molecule has 0 unspecified atom stereocenters. The maximum Gasteiger partial charge on any atom is 0.490 e. The lowest BCUT2D eigenvalue weighted by atomic mass is 10.1. The lowest BCUT2D eigenvalue weighted by Gasteiger charge is -2.29. The molecule has 1 aliphatic heterocycles. The van der Waals surface area contributed by atoms with Crippen LogP contribution in [0.4, 0.5) is 13.2 Å². The predicted molar refractivity (Wildman–Crippen MR) is 99.8 cm³/mol. The number of hydrogen-bond donors (Lipinski definition) is 1. The Hall–Kier alpha value is -2.36. The minimum atomic E-state index is -5.08. The molecule has 3 rings (SSSR count). The number of nitrogens with zero attached hydrogens (tertiary/aromatic N) is 4. The van der Waals surface area contributed by atoms with Gasteiger partial charge in [0.05, 0.1) is 12.2 Å². The van der Waals surface area contributed by atoms with Crippen molar-refractivity contribution in [2.45, 2.75) is 58.5 Å². The average Bonchev–Trinajstić information content (AvgIpc) is 3.29. The second kappa shape index (κ2) is 9.43. The van der Waals surface area contributed by atoms with Gasteiger partial charge in [-0.3, -0.25) is 9.69 Å². The number of hydrogen-bond acceptors (Lipinski definition) is 4. The Bertz CT molecular complexity index is 750. The van der Waals surface area contributed by atoms with Crippen molar-refractivity contribution in [3.63, 3.8) is 0 Å². The van der Waals surface area contributed by atoms with Gasteiger partial charge >= 0.3 is 12.1 Å². The van der Waals surface area contributed by atoms with Crippen LogP contribution in [-0.4, -0.2) is 62.1 Å². The van der Waals surface area contributed by atoms with Crippen LogP contribution in [0.5, 0.6) is 0 Å². The van der Waals surface area contributed by atoms with Crippen molar-refractivity contribution in [1.82, 2.24) is 19.4 Å². The Labute approximate surface area is 167 Å². The number of carboxylic acids is 1. The van der Waals surface area contributed by atoms with Crippen LogP contribution < -0.4 is 0 Å². The van der Waals surface area contributed by atoms with E-state index in [4.69, 9.17) is 14.9 Å². The maximum absolute atomic E-state index is 12.5. The SMILES string of the molecule is CC(C)N(C)Cc1cn2c(n1)CN(C(=O)C1CC=CC1)CC2.O=C(O)C(F)(F)F. The minimum Gasteiger partial charge on any atom is -0.475 e. The van der Waals surface area contributed by atoms with Crippen molar-refractivity contribution >= 4 is 11.9 Å². The van der Waals surface area contributed by atoms with Crippen LogP contribution >= 0.6 is 0 Å². The van der Waals surface area contributed by atoms with Crippen molar-refractivity contribution in [2.24, 2.45) is 5.92 Å². The lowest BCUT2D eigenvalue weighted by Crippen LogP contribution is -2.41. The number of aliphatic carboxylic acids is 1. The Morgan fingerprint density at radius 2 is 1.86 bits per heavy atom. The van der Waals surface area contributed by atoms with Gasteiger partial charge in [0.2, 0.25) is 5.91 Å². The first-order valence-corrected chi connectivity index (χ1v) is 9.48. The third kappa shape index (κ3) is 6.31. The van der Waals surface area contributed by atoms with Crippen molar-refractivity contribution in [3.05, 3.63) is 29.9 Å². The van der Waals surface area contributed by atoms with Crippen molar-refractivity contribution < 1.29 is 27.9 Å². The molecule has 7 nitrogen and oxygen atoms in total. The zero-order valence-electron chi connectivity index (χ0n) is 16.8. The van der Waals surface area contributed by atoms with E-state index in [1.165, 1.54) is 0 Å². The van der Waals surface area contributed by atoms with Crippen LogP contribution in [0.3, 0.4) is 0 Å². The number of rotatable bonds is 4. The summed E-state index contributed by atoms with van der Waals surface area (Å²) in [6.45, 7) is 7.55. The topological polar surface area (TPSA) is 78.7 Å². The summed E-state index contributed by atoms with van der Waals surface area (Å²) in [5.74, 6) is -1.28. The number of fused-ring (bicyclic) bond motifs is 1. The van der Waals surface area contributed by atoms with Gasteiger partial charge in [0, 0.05) is 37.8 Å². The Morgan fingerprint density at radius 1 is 1.28 bits per heavy atom. The van der Waals surface area contributed by atoms with Crippen molar-refractivity contribution in [3.8, 4) is 0 Å². The number of aromatic nitrogens is 2. The molecule has 29 heavy (non-hydrogen) atoms. The standard InChI is InChI=1S/C17H26N4O.C2HF3O2/c1-13(2)19(3)10-15-11-20-8-9-21(12-16(20)18-15)17(22)14-6-4-5-7-14;3-2(4,5)1(6)7/h4-5,11,13-14H,6-10,12H2,1-3H3;(H,6,7). The van der Waals surface area contributed by atoms with E-state index >= 15 is 0 Å². The highest BCUT2D eigenvalue weighted by molar-refractivity contribution is 5.79. The molecule has 1 amide bonds. The molecule has 1 aliphatic carbocycles. The maximum atomic E-state index is 12.5. The van der Waals surface area contributed by atoms with Gasteiger partial charge in [-0.1, -0.05) is 12.2 Å². The molecule has 0 spiro atoms. The fraction of sp³-hybridized carbons (Fsp3) is 0.632. The number of carbonyl (C=O) groups excluding carboxylic acids is 1. The molecule has 0 radical (unpaired) electrons. The summed E-state index contributed by atoms with van der Waals surface area (Å²) in [4.78, 5) is 30.4. The summed E-state index contributed by atoms with van der Waals surface area (Å²) in [6.07, 6.45) is 3.09. The molecule has 10 heteroatoms. The fourth-order valence-corrected chi connectivity index (χ4v) is 3.09. The zero-order valence-corrected chi connectivity index (χ0v) is 16.8. The van der Waals surface area contributed by atoms with E-state index in [0.717, 1.165) is 44.0 Å². The Morgan fingerprint density at radius 3 is 2.38 bits per heavy atom. The molecule has 2 heterocycles. The van der Waals surface area contributed by atoms with Crippen LogP contribution in [0.25, 0.3) is 0 Å². The van der Waals surface area contributed by atoms with E-state index in [1.54, 1.807) is 0 Å². The molecule has 0 fully saturated rings. The summed E-state index contributed by atoms with van der Waals surface area (Å²) in [6, 6.07) is 0.506. The van der Waals surface area contributed by atoms with Gasteiger partial charge in [-0.2, -0.15) is 13.2 Å². The van der Waals surface area contributed by atoms with Gasteiger partial charge in [-0.25, -0.2) is 9.78 Å². The number of carboxylic acid groups (broad SMARTS) is 1. The third-order valence-electron chi connectivity index (χ3n) is 5.06. The summed E-state index contributed by atoms with van der Waals surface area (Å²) in [7, 11) is 2.12. The van der Waals surface area contributed by atoms with Gasteiger partial charge in [0.25, 0.3) is 0 Å². The first-order chi connectivity index (χ1) is 13.5. The molecule has 0 saturated heterocycles. The van der Waals surface area contributed by atoms with Crippen LogP contribution in [0, 0.1) is 5.92 Å². The molecule has 1 aromatic heterocycles. The number of imidazole rings is 1. The summed E-state index contributed by atoms with van der Waals surface area (Å²) < 4.78 is 33.9. The second-order valence-electron chi connectivity index (χ2n) is 7.55. The molecule has 0 saturated carbocycles. The van der Waals surface area contributed by atoms with Gasteiger partial charge in [-0.05, 0) is 33.7 Å². The quantitative estimate of drug-likeness (QED) is 0.764. The largest absolute Gasteiger partial charge is 0.490 e. The number of amides is 1. The van der Waals surface area contributed by atoms with Gasteiger partial charge in [-0.15, -0.1) is 0 Å². The molecule has 1 aromatic rings. The van der Waals surface area contributed by atoms with Crippen LogP contribution in [-0.2, 0) is 29.2 Å². The number of allylic oxidation sites excluding steroid dienone is 2. The third-order valence-corrected chi connectivity index (χ3v) is 5.06. The molecule has 0 aromatic carbocycles. The minimum absolute atomic E-state index is 0.160. The van der Waals surface area contributed by atoms with Crippen LogP contribution in [0.1, 0.15) is 38.2 Å².